The number of hydrogen-bond acceptors (Lipinski definition) is 9. The van der Waals surface area contributed by atoms with Crippen molar-refractivity contribution >= 4 is 45.2 Å². The molecule has 5 rings (SSSR count). The van der Waals surface area contributed by atoms with Crippen LogP contribution in [0.3, 0.4) is 0 Å². The molecule has 2 aromatic heterocycles. The van der Waals surface area contributed by atoms with Crippen LogP contribution in [0.15, 0.2) is 70.0 Å². The van der Waals surface area contributed by atoms with Gasteiger partial charge < -0.3 is 20.0 Å². The molecule has 2 aromatic carbocycles. The number of Topliss-reactive ketones (excluding diaryl/α,β-unsaturated/α-hetero) is 1. The number of ketones is 1. The van der Waals surface area contributed by atoms with Crippen molar-refractivity contribution in [3.8, 4) is 6.07 Å². The molecule has 3 heterocycles. The summed E-state index contributed by atoms with van der Waals surface area (Å²) in [5.41, 5.74) is -0.615. The van der Waals surface area contributed by atoms with E-state index < -0.39 is 71.8 Å². The summed E-state index contributed by atoms with van der Waals surface area (Å²) in [6.45, 7) is 6.98. The average molecular weight is 673 g/mol. The first-order valence-corrected chi connectivity index (χ1v) is 15.8. The van der Waals surface area contributed by atoms with Gasteiger partial charge in [0.15, 0.2) is 5.78 Å². The molecule has 1 fully saturated rings. The number of nitrogens with zero attached hydrogens (tertiary/aromatic N) is 3. The standard InChI is InChI=1S/C36H38F2N6O5/c1-21(18-39)42-34(2,3)16-23-14-22-10-11-24(15-29(22)49-33(23)48)43-35(4,5)31(46)28-17-36(37,38)20-44(28)30(45)19-41-32(47)26-12-13-40-27-9-7-6-8-25(26)27/h6-15,21,28,42-43H,16-17,19-20H2,1-5H3,(H,41,47). The van der Waals surface area contributed by atoms with Crippen LogP contribution in [-0.2, 0) is 16.0 Å². The Morgan fingerprint density at radius 2 is 1.86 bits per heavy atom. The van der Waals surface area contributed by atoms with E-state index in [1.807, 2.05) is 13.8 Å². The van der Waals surface area contributed by atoms with E-state index in [0.29, 0.717) is 34.0 Å². The summed E-state index contributed by atoms with van der Waals surface area (Å²) in [7, 11) is 0. The maximum absolute atomic E-state index is 14.7. The monoisotopic (exact) mass is 672 g/mol. The third-order valence-electron chi connectivity index (χ3n) is 8.50. The number of aromatic nitrogens is 1. The second-order valence-electron chi connectivity index (χ2n) is 13.6. The van der Waals surface area contributed by atoms with Gasteiger partial charge in [-0.05, 0) is 71.4 Å². The molecule has 1 aliphatic heterocycles. The third-order valence-corrected chi connectivity index (χ3v) is 8.50. The summed E-state index contributed by atoms with van der Waals surface area (Å²) in [4.78, 5) is 57.9. The molecule has 0 aliphatic carbocycles. The molecule has 1 saturated heterocycles. The Balaban J connectivity index is 1.29. The van der Waals surface area contributed by atoms with Crippen LogP contribution in [0.1, 0.15) is 57.0 Å². The van der Waals surface area contributed by atoms with Gasteiger partial charge in [-0.3, -0.25) is 24.7 Å². The summed E-state index contributed by atoms with van der Waals surface area (Å²) in [5, 5.41) is 19.1. The number of fused-ring (bicyclic) bond motifs is 2. The van der Waals surface area contributed by atoms with Crippen molar-refractivity contribution in [1.82, 2.24) is 20.5 Å². The molecule has 0 bridgehead atoms. The molecule has 3 N–H and O–H groups in total. The van der Waals surface area contributed by atoms with Gasteiger partial charge in [-0.25, -0.2) is 13.6 Å². The molecule has 11 nitrogen and oxygen atoms in total. The fraction of sp³-hybridized carbons (Fsp3) is 0.389. The van der Waals surface area contributed by atoms with Gasteiger partial charge in [0.25, 0.3) is 11.8 Å². The number of pyridine rings is 1. The van der Waals surface area contributed by atoms with E-state index in [1.54, 1.807) is 55.5 Å². The lowest BCUT2D eigenvalue weighted by Gasteiger charge is -2.32. The molecule has 256 valence electrons. The maximum Gasteiger partial charge on any atom is 0.339 e. The van der Waals surface area contributed by atoms with E-state index in [0.717, 1.165) is 4.90 Å². The Morgan fingerprint density at radius 3 is 2.59 bits per heavy atom. The first-order valence-electron chi connectivity index (χ1n) is 15.8. The molecule has 4 aromatic rings. The van der Waals surface area contributed by atoms with Crippen LogP contribution in [0.5, 0.6) is 0 Å². The normalized spacial score (nSPS) is 16.7. The van der Waals surface area contributed by atoms with Crippen molar-refractivity contribution in [3.63, 3.8) is 0 Å². The number of likely N-dealkylation sites (tertiary alicyclic amines) is 1. The average Bonchev–Trinajstić information content (AvgIpc) is 3.37. The number of carbonyl (C=O) groups is 3. The Labute approximate surface area is 281 Å². The molecule has 0 saturated carbocycles. The van der Waals surface area contributed by atoms with E-state index >= 15 is 0 Å². The van der Waals surface area contributed by atoms with Gasteiger partial charge >= 0.3 is 5.63 Å². The van der Waals surface area contributed by atoms with Gasteiger partial charge in [0.2, 0.25) is 5.91 Å². The topological polar surface area (TPSA) is 157 Å². The van der Waals surface area contributed by atoms with Gasteiger partial charge in [0.1, 0.15) is 5.58 Å². The fourth-order valence-corrected chi connectivity index (χ4v) is 6.30. The zero-order valence-electron chi connectivity index (χ0n) is 27.9. The fourth-order valence-electron chi connectivity index (χ4n) is 6.30. The Kier molecular flexibility index (Phi) is 9.56. The Hall–Kier alpha value is -5.22. The molecular formula is C36H38F2N6O5. The van der Waals surface area contributed by atoms with Crippen LogP contribution in [0.2, 0.25) is 0 Å². The highest BCUT2D eigenvalue weighted by molar-refractivity contribution is 6.07. The minimum absolute atomic E-state index is 0.250. The highest BCUT2D eigenvalue weighted by Crippen LogP contribution is 2.35. The number of rotatable bonds is 11. The van der Waals surface area contributed by atoms with Crippen LogP contribution < -0.4 is 21.6 Å². The van der Waals surface area contributed by atoms with Crippen molar-refractivity contribution in [1.29, 1.82) is 5.26 Å². The van der Waals surface area contributed by atoms with Crippen molar-refractivity contribution in [3.05, 3.63) is 82.3 Å². The zero-order chi connectivity index (χ0) is 35.7. The van der Waals surface area contributed by atoms with Gasteiger partial charge in [-0.1, -0.05) is 18.2 Å². The van der Waals surface area contributed by atoms with Crippen LogP contribution in [0.25, 0.3) is 21.9 Å². The summed E-state index contributed by atoms with van der Waals surface area (Å²) in [5.74, 6) is -5.35. The third kappa shape index (κ3) is 7.92. The van der Waals surface area contributed by atoms with Gasteiger partial charge in [0, 0.05) is 46.2 Å². The lowest BCUT2D eigenvalue weighted by molar-refractivity contribution is -0.138. The highest BCUT2D eigenvalue weighted by atomic mass is 19.3. The van der Waals surface area contributed by atoms with Crippen molar-refractivity contribution < 1.29 is 27.6 Å². The quantitative estimate of drug-likeness (QED) is 0.194. The number of alkyl halides is 2. The van der Waals surface area contributed by atoms with Crippen molar-refractivity contribution in [2.45, 2.75) is 76.5 Å². The molecule has 49 heavy (non-hydrogen) atoms. The van der Waals surface area contributed by atoms with Crippen LogP contribution in [-0.4, -0.2) is 69.7 Å². The van der Waals surface area contributed by atoms with Gasteiger partial charge in [0.05, 0.1) is 47.9 Å². The second kappa shape index (κ2) is 13.4. The first-order chi connectivity index (χ1) is 23.0. The van der Waals surface area contributed by atoms with Crippen LogP contribution in [0.4, 0.5) is 14.5 Å². The molecule has 13 heteroatoms. The number of para-hydroxylation sites is 1. The first kappa shape index (κ1) is 35.1. The summed E-state index contributed by atoms with van der Waals surface area (Å²) in [6.07, 6.45) is 0.910. The second-order valence-corrected chi connectivity index (χ2v) is 13.6. The number of nitriles is 1. The minimum atomic E-state index is -3.31. The van der Waals surface area contributed by atoms with E-state index in [4.69, 9.17) is 9.68 Å². The maximum atomic E-state index is 14.7. The van der Waals surface area contributed by atoms with E-state index in [-0.39, 0.29) is 11.1 Å². The van der Waals surface area contributed by atoms with Gasteiger partial charge in [-0.15, -0.1) is 0 Å². The number of anilines is 1. The minimum Gasteiger partial charge on any atom is -0.422 e. The molecule has 1 aliphatic rings. The van der Waals surface area contributed by atoms with Crippen molar-refractivity contribution in [2.24, 2.45) is 0 Å². The molecule has 0 radical (unpaired) electrons. The molecule has 2 unspecified atom stereocenters. The van der Waals surface area contributed by atoms with E-state index in [2.05, 4.69) is 27.0 Å². The lowest BCUT2D eigenvalue weighted by Crippen LogP contribution is -2.53. The molecule has 0 spiro atoms. The number of nitrogens with one attached hydrogen (secondary N) is 3. The van der Waals surface area contributed by atoms with Crippen LogP contribution in [0, 0.1) is 11.3 Å². The molecule has 2 atom stereocenters. The number of carbonyl (C=O) groups excluding carboxylic acids is 3. The summed E-state index contributed by atoms with van der Waals surface area (Å²) in [6, 6.07) is 15.3. The number of halogens is 2. The molecular weight excluding hydrogens is 634 g/mol. The number of hydrogen-bond donors (Lipinski definition) is 3. The smallest absolute Gasteiger partial charge is 0.339 e. The summed E-state index contributed by atoms with van der Waals surface area (Å²) >= 11 is 0. The number of benzene rings is 2. The summed E-state index contributed by atoms with van der Waals surface area (Å²) < 4.78 is 35.1. The van der Waals surface area contributed by atoms with Crippen LogP contribution >= 0.6 is 0 Å². The largest absolute Gasteiger partial charge is 0.422 e. The van der Waals surface area contributed by atoms with Gasteiger partial charge in [-0.2, -0.15) is 5.26 Å². The van der Waals surface area contributed by atoms with Crippen molar-refractivity contribution in [2.75, 3.05) is 18.4 Å². The SMILES string of the molecule is CC(C#N)NC(C)(C)Cc1cc2ccc(NC(C)(C)C(=O)C3CC(F)(F)CN3C(=O)CNC(=O)c3ccnc4ccccc34)cc2oc1=O. The zero-order valence-corrected chi connectivity index (χ0v) is 27.9. The van der Waals surface area contributed by atoms with E-state index in [9.17, 15) is 28.0 Å². The Bertz CT molecular complexity index is 2030. The number of amides is 2. The molecule has 2 amide bonds. The lowest BCUT2D eigenvalue weighted by atomic mass is 9.91. The van der Waals surface area contributed by atoms with E-state index in [1.165, 1.54) is 26.1 Å². The highest BCUT2D eigenvalue weighted by Gasteiger charge is 2.52. The predicted molar refractivity (Wildman–Crippen MR) is 180 cm³/mol. The Morgan fingerprint density at radius 1 is 1.12 bits per heavy atom. The predicted octanol–water partition coefficient (Wildman–Crippen LogP) is 4.59.